The van der Waals surface area contributed by atoms with Crippen molar-refractivity contribution in [2.75, 3.05) is 11.4 Å². The first kappa shape index (κ1) is 19.1. The average Bonchev–Trinajstić information content (AvgIpc) is 3.38. The normalized spacial score (nSPS) is 15.3. The highest BCUT2D eigenvalue weighted by Gasteiger charge is 2.34. The van der Waals surface area contributed by atoms with E-state index in [2.05, 4.69) is 37.9 Å². The fourth-order valence-electron chi connectivity index (χ4n) is 3.57. The van der Waals surface area contributed by atoms with Crippen LogP contribution < -0.4 is 15.0 Å². The molecule has 0 saturated heterocycles. The Balaban J connectivity index is 1.72. The molecule has 0 atom stereocenters. The van der Waals surface area contributed by atoms with Gasteiger partial charge in [-0.1, -0.05) is 40.6 Å². The molecule has 1 aromatic carbocycles. The van der Waals surface area contributed by atoms with E-state index in [9.17, 15) is 9.59 Å². The number of carbonyl (C=O) groups excluding carboxylic acids is 1. The van der Waals surface area contributed by atoms with E-state index in [1.807, 2.05) is 18.2 Å². The molecule has 9 heteroatoms. The maximum atomic E-state index is 13.3. The molecule has 1 aliphatic heterocycles. The summed E-state index contributed by atoms with van der Waals surface area (Å²) in [6.07, 6.45) is 5.18. The summed E-state index contributed by atoms with van der Waals surface area (Å²) in [5.41, 5.74) is 2.49. The Morgan fingerprint density at radius 2 is 1.93 bits per heavy atom. The molecule has 4 heterocycles. The second-order valence-corrected chi connectivity index (χ2v) is 8.84. The molecule has 1 amide bonds. The van der Waals surface area contributed by atoms with Crippen LogP contribution in [-0.4, -0.2) is 32.0 Å². The number of rotatable bonds is 4. The largest absolute Gasteiger partial charge is 0.308 e. The lowest BCUT2D eigenvalue weighted by molar-refractivity contribution is -0.113. The van der Waals surface area contributed by atoms with Crippen molar-refractivity contribution < 1.29 is 4.79 Å². The van der Waals surface area contributed by atoms with E-state index >= 15 is 0 Å². The van der Waals surface area contributed by atoms with Gasteiger partial charge in [0.25, 0.3) is 11.5 Å². The number of nitrogens with zero attached hydrogens (tertiary/aromatic N) is 5. The Hall–Kier alpha value is -2.91. The monoisotopic (exact) mass is 481 g/mol. The lowest BCUT2D eigenvalue weighted by atomic mass is 10.1. The second kappa shape index (κ2) is 7.41. The van der Waals surface area contributed by atoms with Gasteiger partial charge in [0.2, 0.25) is 4.96 Å². The summed E-state index contributed by atoms with van der Waals surface area (Å²) in [5, 5.41) is 4.37. The van der Waals surface area contributed by atoms with E-state index in [-0.39, 0.29) is 11.5 Å². The third-order valence-electron chi connectivity index (χ3n) is 5.04. The number of pyridine rings is 1. The second-order valence-electron chi connectivity index (χ2n) is 6.95. The number of hydrogen-bond donors (Lipinski definition) is 0. The fraction of sp³-hybridized carbons (Fsp3) is 0.190. The SMILES string of the molecule is CCCCN1C(=O)/C(=c2\sc3nc(-c4ccncc4)nn3c2=O)c2cc(Br)ccc21. The zero-order valence-electron chi connectivity index (χ0n) is 16.0. The van der Waals surface area contributed by atoms with E-state index < -0.39 is 0 Å². The number of anilines is 1. The van der Waals surface area contributed by atoms with E-state index in [1.165, 1.54) is 15.9 Å². The number of aromatic nitrogens is 4. The van der Waals surface area contributed by atoms with Crippen LogP contribution in [0.2, 0.25) is 0 Å². The topological polar surface area (TPSA) is 80.5 Å². The number of unbranched alkanes of at least 4 members (excludes halogenated alkanes) is 1. The highest BCUT2D eigenvalue weighted by Crippen LogP contribution is 2.37. The van der Waals surface area contributed by atoms with Crippen molar-refractivity contribution in [1.29, 1.82) is 0 Å². The standard InChI is InChI=1S/C21H16BrN5O2S/c1-2-3-10-26-15-5-4-13(22)11-14(15)16(19(26)28)17-20(29)27-21(30-17)24-18(25-27)12-6-8-23-9-7-12/h4-9,11H,2-3,10H2,1H3/b17-16-. The van der Waals surface area contributed by atoms with Crippen molar-refractivity contribution in [3.8, 4) is 11.4 Å². The Labute approximate surface area is 183 Å². The molecule has 7 nitrogen and oxygen atoms in total. The lowest BCUT2D eigenvalue weighted by Crippen LogP contribution is -2.33. The quantitative estimate of drug-likeness (QED) is 0.447. The molecular weight excluding hydrogens is 466 g/mol. The van der Waals surface area contributed by atoms with Crippen LogP contribution in [0.3, 0.4) is 0 Å². The molecule has 0 saturated carbocycles. The van der Waals surface area contributed by atoms with Gasteiger partial charge in [-0.05, 0) is 36.8 Å². The van der Waals surface area contributed by atoms with Crippen LogP contribution in [0.25, 0.3) is 21.9 Å². The van der Waals surface area contributed by atoms with Gasteiger partial charge in [0.1, 0.15) is 4.53 Å². The number of carbonyl (C=O) groups is 1. The Morgan fingerprint density at radius 3 is 2.67 bits per heavy atom. The van der Waals surface area contributed by atoms with Crippen LogP contribution in [0, 0.1) is 0 Å². The summed E-state index contributed by atoms with van der Waals surface area (Å²) in [4.78, 5) is 37.2. The van der Waals surface area contributed by atoms with Crippen LogP contribution >= 0.6 is 27.3 Å². The molecule has 0 aliphatic carbocycles. The number of thiazole rings is 1. The summed E-state index contributed by atoms with van der Waals surface area (Å²) >= 11 is 4.68. The molecule has 150 valence electrons. The number of fused-ring (bicyclic) bond motifs is 2. The third-order valence-corrected chi connectivity index (χ3v) is 6.56. The van der Waals surface area contributed by atoms with Crippen LogP contribution in [0.1, 0.15) is 25.3 Å². The zero-order chi connectivity index (χ0) is 20.8. The lowest BCUT2D eigenvalue weighted by Gasteiger charge is -2.16. The number of halogens is 1. The van der Waals surface area contributed by atoms with Crippen molar-refractivity contribution in [2.45, 2.75) is 19.8 Å². The molecule has 0 fully saturated rings. The third kappa shape index (κ3) is 2.96. The minimum absolute atomic E-state index is 0.146. The van der Waals surface area contributed by atoms with E-state index in [0.717, 1.165) is 34.1 Å². The fourth-order valence-corrected chi connectivity index (χ4v) is 4.93. The van der Waals surface area contributed by atoms with Gasteiger partial charge in [-0.15, -0.1) is 5.10 Å². The molecular formula is C21H16BrN5O2S. The molecule has 1 aliphatic rings. The molecule has 0 N–H and O–H groups in total. The minimum atomic E-state index is -0.325. The Morgan fingerprint density at radius 1 is 1.13 bits per heavy atom. The predicted molar refractivity (Wildman–Crippen MR) is 119 cm³/mol. The highest BCUT2D eigenvalue weighted by atomic mass is 79.9. The maximum Gasteiger partial charge on any atom is 0.291 e. The summed E-state index contributed by atoms with van der Waals surface area (Å²) < 4.78 is 2.51. The van der Waals surface area contributed by atoms with Crippen LogP contribution in [0.4, 0.5) is 5.69 Å². The Kier molecular flexibility index (Phi) is 4.71. The summed E-state index contributed by atoms with van der Waals surface area (Å²) in [7, 11) is 0. The number of benzene rings is 1. The van der Waals surface area contributed by atoms with Gasteiger partial charge in [-0.2, -0.15) is 9.50 Å². The average molecular weight is 482 g/mol. The molecule has 0 spiro atoms. The van der Waals surface area contributed by atoms with Crippen molar-refractivity contribution in [3.63, 3.8) is 0 Å². The predicted octanol–water partition coefficient (Wildman–Crippen LogP) is 3.04. The first-order chi connectivity index (χ1) is 14.6. The van der Waals surface area contributed by atoms with Crippen LogP contribution in [0.5, 0.6) is 0 Å². The highest BCUT2D eigenvalue weighted by molar-refractivity contribution is 9.10. The van der Waals surface area contributed by atoms with E-state index in [0.29, 0.717) is 27.4 Å². The summed E-state index contributed by atoms with van der Waals surface area (Å²) in [5.74, 6) is 0.315. The molecule has 4 aromatic rings. The van der Waals surface area contributed by atoms with Gasteiger partial charge in [0, 0.05) is 34.5 Å². The molecule has 0 bridgehead atoms. The van der Waals surface area contributed by atoms with Gasteiger partial charge >= 0.3 is 0 Å². The first-order valence-electron chi connectivity index (χ1n) is 9.54. The molecule has 5 rings (SSSR count). The van der Waals surface area contributed by atoms with Gasteiger partial charge in [-0.3, -0.25) is 14.6 Å². The summed E-state index contributed by atoms with van der Waals surface area (Å²) in [6.45, 7) is 2.71. The van der Waals surface area contributed by atoms with Crippen molar-refractivity contribution in [1.82, 2.24) is 19.6 Å². The van der Waals surface area contributed by atoms with E-state index in [1.54, 1.807) is 29.4 Å². The van der Waals surface area contributed by atoms with Crippen LogP contribution in [-0.2, 0) is 4.79 Å². The van der Waals surface area contributed by atoms with E-state index in [4.69, 9.17) is 0 Å². The molecule has 30 heavy (non-hydrogen) atoms. The zero-order valence-corrected chi connectivity index (χ0v) is 18.4. The van der Waals surface area contributed by atoms with Crippen molar-refractivity contribution >= 4 is 49.4 Å². The van der Waals surface area contributed by atoms with Crippen molar-refractivity contribution in [2.24, 2.45) is 0 Å². The smallest absolute Gasteiger partial charge is 0.291 e. The number of amides is 1. The van der Waals surface area contributed by atoms with Gasteiger partial charge < -0.3 is 4.90 Å². The minimum Gasteiger partial charge on any atom is -0.308 e. The van der Waals surface area contributed by atoms with Gasteiger partial charge in [0.15, 0.2) is 5.82 Å². The molecule has 0 unspecified atom stereocenters. The van der Waals surface area contributed by atoms with Gasteiger partial charge in [-0.25, -0.2) is 0 Å². The molecule has 0 radical (unpaired) electrons. The molecule has 3 aromatic heterocycles. The first-order valence-corrected chi connectivity index (χ1v) is 11.2. The number of hydrogen-bond acceptors (Lipinski definition) is 6. The Bertz CT molecular complexity index is 1400. The summed E-state index contributed by atoms with van der Waals surface area (Å²) in [6, 6.07) is 9.31. The van der Waals surface area contributed by atoms with Crippen LogP contribution in [0.15, 0.2) is 52.0 Å². The van der Waals surface area contributed by atoms with Gasteiger partial charge in [0.05, 0.1) is 11.3 Å². The van der Waals surface area contributed by atoms with Crippen molar-refractivity contribution in [3.05, 3.63) is 67.6 Å². The maximum absolute atomic E-state index is 13.3.